The second-order valence-electron chi connectivity index (χ2n) is 6.28. The number of hydrogen-bond donors (Lipinski definition) is 3. The van der Waals surface area contributed by atoms with Gasteiger partial charge in [-0.1, -0.05) is 11.6 Å². The molecule has 0 unspecified atom stereocenters. The summed E-state index contributed by atoms with van der Waals surface area (Å²) in [6, 6.07) is 6.01. The minimum absolute atomic E-state index is 0.0575. The molecule has 0 radical (unpaired) electrons. The predicted octanol–water partition coefficient (Wildman–Crippen LogP) is 0.863. The molecule has 0 saturated carbocycles. The van der Waals surface area contributed by atoms with E-state index in [9.17, 15) is 4.79 Å². The fraction of sp³-hybridized carbons (Fsp3) is 0.444. The first-order valence-electron chi connectivity index (χ1n) is 8.55. The van der Waals surface area contributed by atoms with Crippen molar-refractivity contribution in [3.8, 4) is 0 Å². The van der Waals surface area contributed by atoms with E-state index in [-0.39, 0.29) is 18.8 Å². The quantitative estimate of drug-likeness (QED) is 0.563. The molecular formula is C18H24N4O3. The van der Waals surface area contributed by atoms with Crippen molar-refractivity contribution in [2.45, 2.75) is 19.9 Å². The van der Waals surface area contributed by atoms with Crippen LogP contribution in [-0.4, -0.2) is 62.5 Å². The summed E-state index contributed by atoms with van der Waals surface area (Å²) in [5, 5.41) is 19.0. The number of fused-ring (bicyclic) bond motifs is 3. The first kappa shape index (κ1) is 17.6. The predicted molar refractivity (Wildman–Crippen MR) is 97.8 cm³/mol. The van der Waals surface area contributed by atoms with E-state index in [1.165, 1.54) is 0 Å². The van der Waals surface area contributed by atoms with Crippen molar-refractivity contribution >= 4 is 21.9 Å². The fourth-order valence-electron chi connectivity index (χ4n) is 3.15. The molecule has 2 aromatic heterocycles. The van der Waals surface area contributed by atoms with Crippen LogP contribution in [0.1, 0.15) is 12.0 Å². The highest BCUT2D eigenvalue weighted by atomic mass is 16.3. The summed E-state index contributed by atoms with van der Waals surface area (Å²) in [4.78, 5) is 22.3. The number of aryl methyl sites for hydroxylation is 2. The van der Waals surface area contributed by atoms with Crippen molar-refractivity contribution in [3.05, 3.63) is 40.4 Å². The van der Waals surface area contributed by atoms with Gasteiger partial charge in [0.2, 0.25) is 0 Å². The number of nitrogens with one attached hydrogen (secondary N) is 1. The lowest BCUT2D eigenvalue weighted by Crippen LogP contribution is -2.32. The summed E-state index contributed by atoms with van der Waals surface area (Å²) in [5.74, 6) is 0. The van der Waals surface area contributed by atoms with E-state index in [1.54, 1.807) is 10.9 Å². The first-order chi connectivity index (χ1) is 12.1. The SMILES string of the molecule is Cc1ccc2[nH]c3c(=O)n(CCCN(CCO)CCO)cnc3c2c1. The van der Waals surface area contributed by atoms with Crippen molar-refractivity contribution in [1.82, 2.24) is 19.4 Å². The zero-order chi connectivity index (χ0) is 17.8. The van der Waals surface area contributed by atoms with Gasteiger partial charge in [-0.2, -0.15) is 0 Å². The number of hydrogen-bond acceptors (Lipinski definition) is 5. The average molecular weight is 344 g/mol. The Morgan fingerprint density at radius 1 is 1.20 bits per heavy atom. The summed E-state index contributed by atoms with van der Waals surface area (Å²) in [7, 11) is 0. The highest BCUT2D eigenvalue weighted by Crippen LogP contribution is 2.22. The van der Waals surface area contributed by atoms with Crippen LogP contribution in [0.2, 0.25) is 0 Å². The van der Waals surface area contributed by atoms with Crippen LogP contribution in [0.15, 0.2) is 29.3 Å². The van der Waals surface area contributed by atoms with Gasteiger partial charge in [0.05, 0.1) is 19.5 Å². The molecular weight excluding hydrogens is 320 g/mol. The number of aromatic amines is 1. The van der Waals surface area contributed by atoms with E-state index in [1.807, 2.05) is 30.0 Å². The molecule has 1 aromatic carbocycles. The largest absolute Gasteiger partial charge is 0.395 e. The molecule has 7 nitrogen and oxygen atoms in total. The molecule has 0 spiro atoms. The average Bonchev–Trinajstić information content (AvgIpc) is 2.96. The van der Waals surface area contributed by atoms with Crippen LogP contribution in [-0.2, 0) is 6.54 Å². The van der Waals surface area contributed by atoms with Crippen molar-refractivity contribution in [2.75, 3.05) is 32.8 Å². The van der Waals surface area contributed by atoms with E-state index in [4.69, 9.17) is 10.2 Å². The summed E-state index contributed by atoms with van der Waals surface area (Å²) in [6.07, 6.45) is 2.34. The summed E-state index contributed by atoms with van der Waals surface area (Å²) >= 11 is 0. The lowest BCUT2D eigenvalue weighted by atomic mass is 10.2. The molecule has 3 aromatic rings. The Labute approximate surface area is 145 Å². The third-order valence-corrected chi connectivity index (χ3v) is 4.43. The number of nitrogens with zero attached hydrogens (tertiary/aromatic N) is 3. The minimum atomic E-state index is -0.0743. The standard InChI is InChI=1S/C18H24N4O3/c1-13-3-4-15-14(11-13)16-17(20-15)18(25)22(12-19-16)6-2-5-21(7-9-23)8-10-24/h3-4,11-12,20,23-24H,2,5-10H2,1H3. The summed E-state index contributed by atoms with van der Waals surface area (Å²) in [5.41, 5.74) is 3.22. The van der Waals surface area contributed by atoms with Crippen molar-refractivity contribution in [2.24, 2.45) is 0 Å². The molecule has 0 amide bonds. The lowest BCUT2D eigenvalue weighted by molar-refractivity contribution is 0.158. The Kier molecular flexibility index (Phi) is 5.47. The molecule has 3 N–H and O–H groups in total. The van der Waals surface area contributed by atoms with Crippen molar-refractivity contribution in [3.63, 3.8) is 0 Å². The molecule has 0 fully saturated rings. The van der Waals surface area contributed by atoms with E-state index < -0.39 is 0 Å². The second kappa shape index (κ2) is 7.77. The highest BCUT2D eigenvalue weighted by Gasteiger charge is 2.11. The molecule has 0 aliphatic heterocycles. The molecule has 7 heteroatoms. The van der Waals surface area contributed by atoms with Crippen LogP contribution in [0.4, 0.5) is 0 Å². The monoisotopic (exact) mass is 344 g/mol. The van der Waals surface area contributed by atoms with Crippen LogP contribution in [0.3, 0.4) is 0 Å². The molecule has 3 rings (SSSR count). The lowest BCUT2D eigenvalue weighted by Gasteiger charge is -2.19. The van der Waals surface area contributed by atoms with Gasteiger partial charge >= 0.3 is 0 Å². The molecule has 0 aliphatic rings. The maximum atomic E-state index is 12.7. The third-order valence-electron chi connectivity index (χ3n) is 4.43. The third kappa shape index (κ3) is 3.73. The Morgan fingerprint density at radius 3 is 2.68 bits per heavy atom. The van der Waals surface area contributed by atoms with Crippen LogP contribution in [0, 0.1) is 6.92 Å². The van der Waals surface area contributed by atoms with Crippen molar-refractivity contribution in [1.29, 1.82) is 0 Å². The Balaban J connectivity index is 1.80. The van der Waals surface area contributed by atoms with Gasteiger partial charge < -0.3 is 15.2 Å². The van der Waals surface area contributed by atoms with E-state index in [2.05, 4.69) is 9.97 Å². The van der Waals surface area contributed by atoms with Crippen LogP contribution >= 0.6 is 0 Å². The highest BCUT2D eigenvalue weighted by molar-refractivity contribution is 6.04. The smallest absolute Gasteiger partial charge is 0.277 e. The van der Waals surface area contributed by atoms with Crippen LogP contribution < -0.4 is 5.56 Å². The van der Waals surface area contributed by atoms with Gasteiger partial charge in [0, 0.05) is 37.1 Å². The number of aliphatic hydroxyl groups is 2. The van der Waals surface area contributed by atoms with Crippen molar-refractivity contribution < 1.29 is 10.2 Å². The maximum absolute atomic E-state index is 12.7. The maximum Gasteiger partial charge on any atom is 0.277 e. The zero-order valence-corrected chi connectivity index (χ0v) is 14.4. The molecule has 25 heavy (non-hydrogen) atoms. The molecule has 0 aliphatic carbocycles. The Morgan fingerprint density at radius 2 is 1.96 bits per heavy atom. The normalized spacial score (nSPS) is 11.8. The number of aliphatic hydroxyl groups excluding tert-OH is 2. The van der Waals surface area contributed by atoms with Crippen LogP contribution in [0.5, 0.6) is 0 Å². The van der Waals surface area contributed by atoms with Gasteiger partial charge in [-0.15, -0.1) is 0 Å². The molecule has 2 heterocycles. The topological polar surface area (TPSA) is 94.4 Å². The van der Waals surface area contributed by atoms with Gasteiger partial charge in [0.1, 0.15) is 11.0 Å². The Bertz CT molecular complexity index is 910. The van der Waals surface area contributed by atoms with E-state index in [0.29, 0.717) is 37.2 Å². The Hall–Kier alpha value is -2.22. The number of rotatable bonds is 8. The molecule has 134 valence electrons. The summed E-state index contributed by atoms with van der Waals surface area (Å²) < 4.78 is 1.61. The fourth-order valence-corrected chi connectivity index (χ4v) is 3.15. The second-order valence-corrected chi connectivity index (χ2v) is 6.28. The summed E-state index contributed by atoms with van der Waals surface area (Å²) in [6.45, 7) is 4.43. The van der Waals surface area contributed by atoms with Gasteiger partial charge in [-0.25, -0.2) is 4.98 Å². The van der Waals surface area contributed by atoms with Gasteiger partial charge in [-0.3, -0.25) is 14.3 Å². The zero-order valence-electron chi connectivity index (χ0n) is 14.4. The van der Waals surface area contributed by atoms with E-state index >= 15 is 0 Å². The number of aromatic nitrogens is 3. The number of H-pyrrole nitrogens is 1. The van der Waals surface area contributed by atoms with Gasteiger partial charge in [0.15, 0.2) is 0 Å². The van der Waals surface area contributed by atoms with Crippen LogP contribution in [0.25, 0.3) is 21.9 Å². The van der Waals surface area contributed by atoms with Gasteiger partial charge in [0.25, 0.3) is 5.56 Å². The first-order valence-corrected chi connectivity index (χ1v) is 8.55. The van der Waals surface area contributed by atoms with E-state index in [0.717, 1.165) is 22.9 Å². The minimum Gasteiger partial charge on any atom is -0.395 e. The van der Waals surface area contributed by atoms with Gasteiger partial charge in [-0.05, 0) is 25.5 Å². The number of benzene rings is 1. The molecule has 0 atom stereocenters. The molecule has 0 bridgehead atoms. The molecule has 0 saturated heterocycles.